The van der Waals surface area contributed by atoms with Crippen LogP contribution >= 0.6 is 11.6 Å². The molecule has 0 spiro atoms. The number of esters is 1. The molecular formula is C12H11ClO4. The summed E-state index contributed by atoms with van der Waals surface area (Å²) in [4.78, 5) is 22.1. The van der Waals surface area contributed by atoms with E-state index in [1.807, 2.05) is 0 Å². The highest BCUT2D eigenvalue weighted by atomic mass is 35.5. The number of methoxy groups -OCH3 is 2. The van der Waals surface area contributed by atoms with Gasteiger partial charge >= 0.3 is 5.97 Å². The van der Waals surface area contributed by atoms with Gasteiger partial charge in [0.2, 0.25) is 0 Å². The molecule has 0 bridgehead atoms. The van der Waals surface area contributed by atoms with E-state index in [0.29, 0.717) is 11.3 Å². The van der Waals surface area contributed by atoms with Crippen LogP contribution in [0.25, 0.3) is 5.57 Å². The lowest BCUT2D eigenvalue weighted by atomic mass is 10.0. The summed E-state index contributed by atoms with van der Waals surface area (Å²) >= 11 is 5.80. The number of hydrogen-bond donors (Lipinski definition) is 0. The van der Waals surface area contributed by atoms with E-state index in [0.717, 1.165) is 0 Å². The molecule has 0 aliphatic carbocycles. The molecule has 0 amide bonds. The van der Waals surface area contributed by atoms with Crippen molar-refractivity contribution >= 4 is 29.1 Å². The summed E-state index contributed by atoms with van der Waals surface area (Å²) in [5.41, 5.74) is 0.548. The van der Waals surface area contributed by atoms with E-state index < -0.39 is 11.3 Å². The van der Waals surface area contributed by atoms with Crippen LogP contribution in [0.1, 0.15) is 5.56 Å². The minimum Gasteiger partial charge on any atom is -0.497 e. The Morgan fingerprint density at radius 1 is 1.29 bits per heavy atom. The van der Waals surface area contributed by atoms with Crippen LogP contribution in [-0.4, -0.2) is 31.5 Å². The molecule has 0 aliphatic heterocycles. The van der Waals surface area contributed by atoms with Crippen LogP contribution in [0.5, 0.6) is 5.75 Å². The van der Waals surface area contributed by atoms with Gasteiger partial charge in [0, 0.05) is 0 Å². The summed E-state index contributed by atoms with van der Waals surface area (Å²) in [7, 11) is 2.73. The average Bonchev–Trinajstić information content (AvgIpc) is 2.39. The van der Waals surface area contributed by atoms with Crippen LogP contribution in [0, 0.1) is 0 Å². The smallest absolute Gasteiger partial charge is 0.329 e. The molecule has 5 heteroatoms. The van der Waals surface area contributed by atoms with Crippen molar-refractivity contribution in [2.45, 2.75) is 5.38 Å². The fourth-order valence-electron chi connectivity index (χ4n) is 1.25. The lowest BCUT2D eigenvalue weighted by molar-refractivity contribution is -0.138. The van der Waals surface area contributed by atoms with Crippen molar-refractivity contribution in [1.29, 1.82) is 0 Å². The van der Waals surface area contributed by atoms with E-state index in [9.17, 15) is 9.59 Å². The van der Waals surface area contributed by atoms with E-state index in [-0.39, 0.29) is 5.57 Å². The molecule has 0 heterocycles. The maximum atomic E-state index is 11.2. The summed E-state index contributed by atoms with van der Waals surface area (Å²) in [5, 5.41) is -1.16. The van der Waals surface area contributed by atoms with Crippen LogP contribution < -0.4 is 4.74 Å². The Labute approximate surface area is 104 Å². The number of alkyl halides is 1. The van der Waals surface area contributed by atoms with Gasteiger partial charge in [0.25, 0.3) is 0 Å². The van der Waals surface area contributed by atoms with Gasteiger partial charge in [-0.1, -0.05) is 12.1 Å². The molecule has 0 radical (unpaired) electrons. The van der Waals surface area contributed by atoms with Crippen LogP contribution in [0.4, 0.5) is 0 Å². The summed E-state index contributed by atoms with van der Waals surface area (Å²) < 4.78 is 9.45. The minimum atomic E-state index is -1.16. The standard InChI is InChI=1S/C12H11ClO4/c1-16-9-5-3-8(4-6-9)10(7-14)11(13)12(15)17-2/h3-6,11H,1-2H3. The van der Waals surface area contributed by atoms with Crippen molar-refractivity contribution in [3.8, 4) is 5.75 Å². The maximum absolute atomic E-state index is 11.2. The topological polar surface area (TPSA) is 52.6 Å². The van der Waals surface area contributed by atoms with Gasteiger partial charge in [0.05, 0.1) is 19.8 Å². The van der Waals surface area contributed by atoms with Gasteiger partial charge in [-0.25, -0.2) is 4.79 Å². The largest absolute Gasteiger partial charge is 0.497 e. The summed E-state index contributed by atoms with van der Waals surface area (Å²) in [5.74, 6) is 1.61. The van der Waals surface area contributed by atoms with E-state index in [2.05, 4.69) is 4.74 Å². The van der Waals surface area contributed by atoms with Crippen LogP contribution in [-0.2, 0) is 14.3 Å². The Bertz CT molecular complexity index is 446. The van der Waals surface area contributed by atoms with Crippen molar-refractivity contribution in [3.05, 3.63) is 29.8 Å². The number of carbonyl (C=O) groups is 1. The van der Waals surface area contributed by atoms with Crippen molar-refractivity contribution in [2.75, 3.05) is 14.2 Å². The van der Waals surface area contributed by atoms with Crippen molar-refractivity contribution in [2.24, 2.45) is 0 Å². The first-order valence-electron chi connectivity index (χ1n) is 4.75. The average molecular weight is 255 g/mol. The Hall–Kier alpha value is -1.77. The molecule has 4 nitrogen and oxygen atoms in total. The third-order valence-corrected chi connectivity index (χ3v) is 2.57. The van der Waals surface area contributed by atoms with E-state index in [1.165, 1.54) is 14.2 Å². The molecular weight excluding hydrogens is 244 g/mol. The zero-order valence-electron chi connectivity index (χ0n) is 9.40. The predicted molar refractivity (Wildman–Crippen MR) is 63.8 cm³/mol. The fraction of sp³-hybridized carbons (Fsp3) is 0.250. The Balaban J connectivity index is 3.02. The number of ether oxygens (including phenoxy) is 2. The number of benzene rings is 1. The fourth-order valence-corrected chi connectivity index (χ4v) is 1.51. The third-order valence-electron chi connectivity index (χ3n) is 2.17. The maximum Gasteiger partial charge on any atom is 0.329 e. The van der Waals surface area contributed by atoms with Crippen LogP contribution in [0.15, 0.2) is 24.3 Å². The van der Waals surface area contributed by atoms with Gasteiger partial charge in [-0.05, 0) is 17.7 Å². The molecule has 1 aromatic rings. The molecule has 1 atom stereocenters. The highest BCUT2D eigenvalue weighted by molar-refractivity contribution is 6.38. The number of halogens is 1. The number of hydrogen-bond acceptors (Lipinski definition) is 4. The second-order valence-corrected chi connectivity index (χ2v) is 3.57. The van der Waals surface area contributed by atoms with Crippen molar-refractivity contribution in [3.63, 3.8) is 0 Å². The molecule has 0 saturated heterocycles. The van der Waals surface area contributed by atoms with E-state index in [4.69, 9.17) is 16.3 Å². The predicted octanol–water partition coefficient (Wildman–Crippen LogP) is 1.69. The van der Waals surface area contributed by atoms with Gasteiger partial charge in [0.15, 0.2) is 5.38 Å². The van der Waals surface area contributed by atoms with Crippen molar-refractivity contribution in [1.82, 2.24) is 0 Å². The Morgan fingerprint density at radius 2 is 1.88 bits per heavy atom. The van der Waals surface area contributed by atoms with Gasteiger partial charge < -0.3 is 9.47 Å². The molecule has 1 aromatic carbocycles. The first-order chi connectivity index (χ1) is 8.13. The van der Waals surface area contributed by atoms with E-state index >= 15 is 0 Å². The lowest BCUT2D eigenvalue weighted by Gasteiger charge is -2.09. The van der Waals surface area contributed by atoms with Crippen LogP contribution in [0.3, 0.4) is 0 Å². The minimum absolute atomic E-state index is 0.0427. The van der Waals surface area contributed by atoms with Crippen LogP contribution in [0.2, 0.25) is 0 Å². The Morgan fingerprint density at radius 3 is 2.29 bits per heavy atom. The van der Waals surface area contributed by atoms with Crippen molar-refractivity contribution < 1.29 is 19.1 Å². The quantitative estimate of drug-likeness (QED) is 0.466. The molecule has 0 fully saturated rings. The molecule has 0 N–H and O–H groups in total. The third kappa shape index (κ3) is 3.09. The zero-order chi connectivity index (χ0) is 12.8. The molecule has 0 saturated carbocycles. The molecule has 90 valence electrons. The highest BCUT2D eigenvalue weighted by Crippen LogP contribution is 2.23. The number of rotatable bonds is 4. The second kappa shape index (κ2) is 6.09. The van der Waals surface area contributed by atoms with Gasteiger partial charge in [0.1, 0.15) is 11.7 Å². The molecule has 1 unspecified atom stereocenters. The first kappa shape index (κ1) is 13.3. The monoisotopic (exact) mass is 254 g/mol. The zero-order valence-corrected chi connectivity index (χ0v) is 10.2. The highest BCUT2D eigenvalue weighted by Gasteiger charge is 2.23. The van der Waals surface area contributed by atoms with E-state index in [1.54, 1.807) is 30.2 Å². The Kier molecular flexibility index (Phi) is 4.76. The van der Waals surface area contributed by atoms with Gasteiger partial charge in [-0.3, -0.25) is 4.79 Å². The molecule has 17 heavy (non-hydrogen) atoms. The normalized spacial score (nSPS) is 11.2. The molecule has 1 rings (SSSR count). The molecule has 0 aliphatic rings. The number of carbonyl (C=O) groups excluding carboxylic acids is 2. The van der Waals surface area contributed by atoms with Gasteiger partial charge in [-0.2, -0.15) is 0 Å². The van der Waals surface area contributed by atoms with Gasteiger partial charge in [-0.15, -0.1) is 11.6 Å². The summed E-state index contributed by atoms with van der Waals surface area (Å²) in [6.45, 7) is 0. The SMILES string of the molecule is COC(=O)C(Cl)C(=C=O)c1ccc(OC)cc1. The molecule has 0 aromatic heterocycles. The summed E-state index contributed by atoms with van der Waals surface area (Å²) in [6.07, 6.45) is 0. The first-order valence-corrected chi connectivity index (χ1v) is 5.19. The summed E-state index contributed by atoms with van der Waals surface area (Å²) in [6, 6.07) is 6.57. The lowest BCUT2D eigenvalue weighted by Crippen LogP contribution is -2.18. The second-order valence-electron chi connectivity index (χ2n) is 3.13.